The minimum absolute atomic E-state index is 0.0585. The van der Waals surface area contributed by atoms with Gasteiger partial charge in [-0.15, -0.1) is 0 Å². The highest BCUT2D eigenvalue weighted by Gasteiger charge is 2.36. The molecular weight excluding hydrogens is 512 g/mol. The van der Waals surface area contributed by atoms with Gasteiger partial charge in [0.25, 0.3) is 11.8 Å². The molecule has 0 radical (unpaired) electrons. The zero-order valence-electron chi connectivity index (χ0n) is 21.4. The van der Waals surface area contributed by atoms with Crippen molar-refractivity contribution < 1.29 is 14.4 Å². The number of carbonyl (C=O) groups is 3. The molecule has 39 heavy (non-hydrogen) atoms. The molecule has 10 heteroatoms. The standard InChI is InChI=1S/C29H30N6O3S/c30-23-24(27(31)36)34-39-26(23)29(38)35(16-14-18-7-2-1-3-8-18)25(28(37)33-21-10-4-5-11-21)20-12-13-22-19(17-20)9-6-15-32-22/h1-3,6-9,12-13,15,17,21,25H,4-5,10-11,14,16,30H2,(H2,31,36)(H,33,37). The van der Waals surface area contributed by atoms with Crippen LogP contribution in [-0.4, -0.2) is 44.6 Å². The fraction of sp³-hybridized carbons (Fsp3) is 0.276. The number of nitrogen functional groups attached to an aromatic ring is 1. The summed E-state index contributed by atoms with van der Waals surface area (Å²) < 4.78 is 4.02. The quantitative estimate of drug-likeness (QED) is 0.293. The van der Waals surface area contributed by atoms with Crippen LogP contribution in [0.15, 0.2) is 66.9 Å². The number of nitrogens with zero attached hydrogens (tertiary/aromatic N) is 3. The Labute approximate surface area is 230 Å². The summed E-state index contributed by atoms with van der Waals surface area (Å²) in [5.41, 5.74) is 13.8. The minimum atomic E-state index is -0.940. The Morgan fingerprint density at radius 3 is 2.54 bits per heavy atom. The first-order valence-electron chi connectivity index (χ1n) is 13.0. The molecule has 2 aromatic carbocycles. The van der Waals surface area contributed by atoms with Crippen LogP contribution >= 0.6 is 11.5 Å². The van der Waals surface area contributed by atoms with Crippen LogP contribution in [0.2, 0.25) is 0 Å². The zero-order chi connectivity index (χ0) is 27.4. The van der Waals surface area contributed by atoms with E-state index < -0.39 is 17.9 Å². The van der Waals surface area contributed by atoms with Crippen LogP contribution in [0.4, 0.5) is 5.69 Å². The van der Waals surface area contributed by atoms with Crippen LogP contribution in [0.1, 0.15) is 63.0 Å². The van der Waals surface area contributed by atoms with Gasteiger partial charge in [0.2, 0.25) is 5.91 Å². The third-order valence-electron chi connectivity index (χ3n) is 7.11. The largest absolute Gasteiger partial charge is 0.395 e. The van der Waals surface area contributed by atoms with Crippen LogP contribution in [0.25, 0.3) is 10.9 Å². The maximum Gasteiger partial charge on any atom is 0.270 e. The van der Waals surface area contributed by atoms with E-state index in [1.807, 2.05) is 60.7 Å². The number of benzene rings is 2. The Morgan fingerprint density at radius 1 is 1.05 bits per heavy atom. The van der Waals surface area contributed by atoms with Crippen molar-refractivity contribution in [1.82, 2.24) is 19.6 Å². The number of amides is 3. The fourth-order valence-electron chi connectivity index (χ4n) is 5.09. The number of aromatic nitrogens is 2. The summed E-state index contributed by atoms with van der Waals surface area (Å²) in [6.07, 6.45) is 6.15. The summed E-state index contributed by atoms with van der Waals surface area (Å²) in [7, 11) is 0. The molecule has 1 atom stereocenters. The van der Waals surface area contributed by atoms with E-state index in [0.29, 0.717) is 12.0 Å². The van der Waals surface area contributed by atoms with Gasteiger partial charge in [0.15, 0.2) is 5.69 Å². The fourth-order valence-corrected chi connectivity index (χ4v) is 5.85. The Hall–Kier alpha value is -4.31. The van der Waals surface area contributed by atoms with E-state index in [1.165, 1.54) is 4.90 Å². The molecule has 5 N–H and O–H groups in total. The zero-order valence-corrected chi connectivity index (χ0v) is 22.2. The van der Waals surface area contributed by atoms with E-state index in [1.54, 1.807) is 6.20 Å². The van der Waals surface area contributed by atoms with Gasteiger partial charge < -0.3 is 21.7 Å². The Balaban J connectivity index is 1.58. The van der Waals surface area contributed by atoms with E-state index in [4.69, 9.17) is 11.5 Å². The van der Waals surface area contributed by atoms with Gasteiger partial charge in [0, 0.05) is 24.2 Å². The Kier molecular flexibility index (Phi) is 7.83. The number of anilines is 1. The van der Waals surface area contributed by atoms with Crippen molar-refractivity contribution in [3.05, 3.63) is 88.6 Å². The topological polar surface area (TPSA) is 144 Å². The summed E-state index contributed by atoms with van der Waals surface area (Å²) in [6, 6.07) is 18.2. The number of nitrogens with two attached hydrogens (primary N) is 2. The lowest BCUT2D eigenvalue weighted by molar-refractivity contribution is -0.126. The molecule has 1 aliphatic carbocycles. The predicted molar refractivity (Wildman–Crippen MR) is 151 cm³/mol. The average Bonchev–Trinajstić information content (AvgIpc) is 3.60. The van der Waals surface area contributed by atoms with Crippen LogP contribution in [0.5, 0.6) is 0 Å². The predicted octanol–water partition coefficient (Wildman–Crippen LogP) is 3.86. The maximum atomic E-state index is 14.1. The number of hydrogen-bond acceptors (Lipinski definition) is 7. The SMILES string of the molecule is NC(=O)c1nsc(C(=O)N(CCc2ccccc2)C(C(=O)NC2CCCC2)c2ccc3ncccc3c2)c1N. The number of nitrogens with one attached hydrogen (secondary N) is 1. The minimum Gasteiger partial charge on any atom is -0.395 e. The second-order valence-corrected chi connectivity index (χ2v) is 10.5. The van der Waals surface area contributed by atoms with Gasteiger partial charge in [-0.3, -0.25) is 19.4 Å². The number of primary amides is 1. The molecule has 5 rings (SSSR count). The normalized spacial score (nSPS) is 14.3. The monoisotopic (exact) mass is 542 g/mol. The number of pyridine rings is 1. The van der Waals surface area contributed by atoms with Crippen LogP contribution in [-0.2, 0) is 11.2 Å². The van der Waals surface area contributed by atoms with Gasteiger partial charge in [0.05, 0.1) is 11.2 Å². The second-order valence-electron chi connectivity index (χ2n) is 9.72. The Bertz CT molecular complexity index is 1500. The molecule has 1 fully saturated rings. The second kappa shape index (κ2) is 11.6. The van der Waals surface area contributed by atoms with Crippen LogP contribution in [0.3, 0.4) is 0 Å². The van der Waals surface area contributed by atoms with Crippen LogP contribution in [0, 0.1) is 0 Å². The molecule has 2 aromatic heterocycles. The van der Waals surface area contributed by atoms with E-state index in [2.05, 4.69) is 14.7 Å². The highest BCUT2D eigenvalue weighted by molar-refractivity contribution is 7.09. The molecule has 1 unspecified atom stereocenters. The lowest BCUT2D eigenvalue weighted by Crippen LogP contribution is -2.46. The van der Waals surface area contributed by atoms with Gasteiger partial charge in [-0.25, -0.2) is 0 Å². The van der Waals surface area contributed by atoms with Gasteiger partial charge in [-0.1, -0.05) is 55.3 Å². The molecule has 0 aliphatic heterocycles. The van der Waals surface area contributed by atoms with Crippen molar-refractivity contribution in [3.63, 3.8) is 0 Å². The maximum absolute atomic E-state index is 14.1. The lowest BCUT2D eigenvalue weighted by atomic mass is 10.00. The molecule has 3 amide bonds. The number of carbonyl (C=O) groups excluding carboxylic acids is 3. The highest BCUT2D eigenvalue weighted by atomic mass is 32.1. The molecule has 1 aliphatic rings. The van der Waals surface area contributed by atoms with Crippen molar-refractivity contribution in [2.75, 3.05) is 12.3 Å². The third-order valence-corrected chi connectivity index (χ3v) is 7.96. The molecule has 2 heterocycles. The molecule has 200 valence electrons. The lowest BCUT2D eigenvalue weighted by Gasteiger charge is -2.32. The van der Waals surface area contributed by atoms with Gasteiger partial charge in [-0.05, 0) is 60.1 Å². The Morgan fingerprint density at radius 2 is 1.82 bits per heavy atom. The van der Waals surface area contributed by atoms with E-state index in [-0.39, 0.29) is 34.8 Å². The first-order chi connectivity index (χ1) is 18.9. The van der Waals surface area contributed by atoms with Crippen molar-refractivity contribution >= 4 is 45.8 Å². The third kappa shape index (κ3) is 5.75. The smallest absolute Gasteiger partial charge is 0.270 e. The van der Waals surface area contributed by atoms with Crippen molar-refractivity contribution in [2.24, 2.45) is 5.73 Å². The molecule has 0 saturated heterocycles. The van der Waals surface area contributed by atoms with Crippen molar-refractivity contribution in [1.29, 1.82) is 0 Å². The molecule has 0 spiro atoms. The van der Waals surface area contributed by atoms with Gasteiger partial charge in [-0.2, -0.15) is 4.37 Å². The summed E-state index contributed by atoms with van der Waals surface area (Å²) >= 11 is 0.814. The summed E-state index contributed by atoms with van der Waals surface area (Å²) in [6.45, 7) is 0.236. The van der Waals surface area contributed by atoms with Crippen molar-refractivity contribution in [2.45, 2.75) is 44.2 Å². The summed E-state index contributed by atoms with van der Waals surface area (Å²) in [5, 5.41) is 4.04. The summed E-state index contributed by atoms with van der Waals surface area (Å²) in [5.74, 6) is -1.55. The molecular formula is C29H30N6O3S. The van der Waals surface area contributed by atoms with E-state index in [0.717, 1.165) is 53.7 Å². The molecule has 9 nitrogen and oxygen atoms in total. The molecule has 4 aromatic rings. The molecule has 1 saturated carbocycles. The van der Waals surface area contributed by atoms with Gasteiger partial charge in [0.1, 0.15) is 10.9 Å². The summed E-state index contributed by atoms with van der Waals surface area (Å²) in [4.78, 5) is 45.9. The van der Waals surface area contributed by atoms with Gasteiger partial charge >= 0.3 is 0 Å². The first-order valence-corrected chi connectivity index (χ1v) is 13.7. The average molecular weight is 543 g/mol. The first kappa shape index (κ1) is 26.3. The number of fused-ring (bicyclic) bond motifs is 1. The number of hydrogen-bond donors (Lipinski definition) is 3. The molecule has 0 bridgehead atoms. The van der Waals surface area contributed by atoms with E-state index in [9.17, 15) is 14.4 Å². The van der Waals surface area contributed by atoms with Crippen LogP contribution < -0.4 is 16.8 Å². The highest BCUT2D eigenvalue weighted by Crippen LogP contribution is 2.31. The van der Waals surface area contributed by atoms with E-state index >= 15 is 0 Å². The number of rotatable bonds is 9. The van der Waals surface area contributed by atoms with Crippen molar-refractivity contribution in [3.8, 4) is 0 Å².